The van der Waals surface area contributed by atoms with Crippen LogP contribution in [0.25, 0.3) is 0 Å². The lowest BCUT2D eigenvalue weighted by molar-refractivity contribution is -0.130. The van der Waals surface area contributed by atoms with E-state index in [-0.39, 0.29) is 11.7 Å². The van der Waals surface area contributed by atoms with Gasteiger partial charge in [0.15, 0.2) is 5.78 Å². The van der Waals surface area contributed by atoms with Crippen molar-refractivity contribution in [3.8, 4) is 5.75 Å². The summed E-state index contributed by atoms with van der Waals surface area (Å²) in [6.07, 6.45) is 3.47. The van der Waals surface area contributed by atoms with Gasteiger partial charge in [0.1, 0.15) is 5.75 Å². The number of carbonyl (C=O) groups is 2. The maximum atomic E-state index is 12.4. The third-order valence-corrected chi connectivity index (χ3v) is 5.41. The van der Waals surface area contributed by atoms with Crippen molar-refractivity contribution in [2.75, 3.05) is 26.0 Å². The number of rotatable bonds is 6. The molecule has 0 spiro atoms. The summed E-state index contributed by atoms with van der Waals surface area (Å²) < 4.78 is 5.35. The fraction of sp³-hybridized carbons (Fsp3) is 0.556. The van der Waals surface area contributed by atoms with Gasteiger partial charge in [-0.15, -0.1) is 11.8 Å². The Bertz CT molecular complexity index is 573. The minimum Gasteiger partial charge on any atom is -0.496 e. The fourth-order valence-electron chi connectivity index (χ4n) is 2.86. The van der Waals surface area contributed by atoms with Crippen LogP contribution in [0.5, 0.6) is 5.75 Å². The molecule has 5 heteroatoms. The molecule has 1 aromatic carbocycles. The van der Waals surface area contributed by atoms with Gasteiger partial charge in [-0.25, -0.2) is 0 Å². The van der Waals surface area contributed by atoms with Gasteiger partial charge in [0, 0.05) is 23.5 Å². The Kier molecular flexibility index (Phi) is 6.51. The molecule has 1 saturated heterocycles. The van der Waals surface area contributed by atoms with E-state index in [1.807, 2.05) is 11.0 Å². The van der Waals surface area contributed by atoms with E-state index in [2.05, 4.69) is 6.92 Å². The van der Waals surface area contributed by atoms with Gasteiger partial charge in [0.25, 0.3) is 0 Å². The Morgan fingerprint density at radius 3 is 2.83 bits per heavy atom. The summed E-state index contributed by atoms with van der Waals surface area (Å²) in [5.74, 6) is 1.90. The van der Waals surface area contributed by atoms with E-state index in [1.54, 1.807) is 19.2 Å². The molecule has 0 bridgehead atoms. The van der Waals surface area contributed by atoms with Gasteiger partial charge in [-0.3, -0.25) is 9.59 Å². The van der Waals surface area contributed by atoms with Crippen LogP contribution in [0.2, 0.25) is 0 Å². The smallest absolute Gasteiger partial charge is 0.232 e. The number of methoxy groups -OCH3 is 1. The summed E-state index contributed by atoms with van der Waals surface area (Å²) in [4.78, 5) is 26.7. The number of ketones is 1. The number of Topliss-reactive ketones (excluding diaryl/α,β-unsaturated/α-hetero) is 1. The number of likely N-dealkylation sites (tertiary alicyclic amines) is 1. The van der Waals surface area contributed by atoms with Crippen molar-refractivity contribution in [2.24, 2.45) is 5.92 Å². The Labute approximate surface area is 142 Å². The molecule has 1 atom stereocenters. The van der Waals surface area contributed by atoms with E-state index in [4.69, 9.17) is 4.74 Å². The second kappa shape index (κ2) is 8.39. The van der Waals surface area contributed by atoms with E-state index in [9.17, 15) is 9.59 Å². The molecule has 0 radical (unpaired) electrons. The van der Waals surface area contributed by atoms with Crippen molar-refractivity contribution in [1.29, 1.82) is 0 Å². The predicted molar refractivity (Wildman–Crippen MR) is 93.3 cm³/mol. The SMILES string of the molecule is CC[C@H]1CCCN(C(=O)CSc2ccc(C(C)=O)cc2OC)C1. The maximum Gasteiger partial charge on any atom is 0.232 e. The zero-order valence-electron chi connectivity index (χ0n) is 14.1. The highest BCUT2D eigenvalue weighted by atomic mass is 32.2. The minimum atomic E-state index is 0.00912. The number of hydrogen-bond acceptors (Lipinski definition) is 4. The molecule has 1 aromatic rings. The first kappa shape index (κ1) is 17.9. The Morgan fingerprint density at radius 2 is 2.17 bits per heavy atom. The lowest BCUT2D eigenvalue weighted by Crippen LogP contribution is -2.40. The van der Waals surface area contributed by atoms with Crippen LogP contribution in [-0.2, 0) is 4.79 Å². The lowest BCUT2D eigenvalue weighted by Gasteiger charge is -2.32. The molecule has 2 rings (SSSR count). The van der Waals surface area contributed by atoms with Crippen LogP contribution in [0.4, 0.5) is 0 Å². The molecule has 0 saturated carbocycles. The molecular formula is C18H25NO3S. The molecule has 1 aliphatic rings. The van der Waals surface area contributed by atoms with Crippen LogP contribution in [0, 0.1) is 5.92 Å². The normalized spacial score (nSPS) is 17.9. The molecule has 0 unspecified atom stereocenters. The highest BCUT2D eigenvalue weighted by Gasteiger charge is 2.22. The van der Waals surface area contributed by atoms with Crippen molar-refractivity contribution in [1.82, 2.24) is 4.90 Å². The van der Waals surface area contributed by atoms with Crippen LogP contribution >= 0.6 is 11.8 Å². The van der Waals surface area contributed by atoms with E-state index < -0.39 is 0 Å². The van der Waals surface area contributed by atoms with Crippen LogP contribution in [0.3, 0.4) is 0 Å². The standard InChI is InChI=1S/C18H25NO3S/c1-4-14-6-5-9-19(11-14)18(21)12-23-17-8-7-15(13(2)20)10-16(17)22-3/h7-8,10,14H,4-6,9,11-12H2,1-3H3/t14-/m0/s1. The van der Waals surface area contributed by atoms with Gasteiger partial charge < -0.3 is 9.64 Å². The number of thioether (sulfide) groups is 1. The van der Waals surface area contributed by atoms with E-state index in [1.165, 1.54) is 25.1 Å². The van der Waals surface area contributed by atoms with Gasteiger partial charge in [0.05, 0.1) is 12.9 Å². The first-order valence-electron chi connectivity index (χ1n) is 8.14. The number of hydrogen-bond donors (Lipinski definition) is 0. The third kappa shape index (κ3) is 4.74. The Hall–Kier alpha value is -1.49. The highest BCUT2D eigenvalue weighted by Crippen LogP contribution is 2.31. The van der Waals surface area contributed by atoms with Crippen LogP contribution in [-0.4, -0.2) is 42.5 Å². The summed E-state index contributed by atoms with van der Waals surface area (Å²) in [5, 5.41) is 0. The monoisotopic (exact) mass is 335 g/mol. The number of nitrogens with zero attached hydrogens (tertiary/aromatic N) is 1. The van der Waals surface area contributed by atoms with Crippen molar-refractivity contribution in [3.63, 3.8) is 0 Å². The van der Waals surface area contributed by atoms with Gasteiger partial charge in [-0.1, -0.05) is 19.4 Å². The van der Waals surface area contributed by atoms with Crippen LogP contribution < -0.4 is 4.74 Å². The van der Waals surface area contributed by atoms with E-state index in [0.29, 0.717) is 23.0 Å². The average Bonchev–Trinajstić information content (AvgIpc) is 2.59. The molecule has 126 valence electrons. The van der Waals surface area contributed by atoms with Gasteiger partial charge >= 0.3 is 0 Å². The Balaban J connectivity index is 1.97. The van der Waals surface area contributed by atoms with E-state index in [0.717, 1.165) is 30.8 Å². The fourth-order valence-corrected chi connectivity index (χ4v) is 3.77. The molecule has 0 N–H and O–H groups in total. The van der Waals surface area contributed by atoms with Crippen molar-refractivity contribution in [2.45, 2.75) is 38.0 Å². The number of benzene rings is 1. The predicted octanol–water partition coefficient (Wildman–Crippen LogP) is 3.64. The van der Waals surface area contributed by atoms with Gasteiger partial charge in [-0.05, 0) is 37.8 Å². The molecule has 1 amide bonds. The number of piperidine rings is 1. The molecule has 1 aliphatic heterocycles. The number of carbonyl (C=O) groups excluding carboxylic acids is 2. The summed E-state index contributed by atoms with van der Waals surface area (Å²) in [7, 11) is 1.58. The lowest BCUT2D eigenvalue weighted by atomic mass is 9.96. The second-order valence-corrected chi connectivity index (χ2v) is 6.98. The van der Waals surface area contributed by atoms with E-state index >= 15 is 0 Å². The first-order valence-corrected chi connectivity index (χ1v) is 9.13. The second-order valence-electron chi connectivity index (χ2n) is 5.97. The van der Waals surface area contributed by atoms with Gasteiger partial charge in [0.2, 0.25) is 5.91 Å². The van der Waals surface area contributed by atoms with Crippen LogP contribution in [0.1, 0.15) is 43.5 Å². The average molecular weight is 335 g/mol. The van der Waals surface area contributed by atoms with Crippen molar-refractivity contribution >= 4 is 23.5 Å². The van der Waals surface area contributed by atoms with Gasteiger partial charge in [-0.2, -0.15) is 0 Å². The topological polar surface area (TPSA) is 46.6 Å². The minimum absolute atomic E-state index is 0.00912. The molecule has 0 aromatic heterocycles. The number of ether oxygens (including phenoxy) is 1. The maximum absolute atomic E-state index is 12.4. The largest absolute Gasteiger partial charge is 0.496 e. The molecular weight excluding hydrogens is 310 g/mol. The van der Waals surface area contributed by atoms with Crippen molar-refractivity contribution in [3.05, 3.63) is 23.8 Å². The summed E-state index contributed by atoms with van der Waals surface area (Å²) in [6.45, 7) is 5.48. The summed E-state index contributed by atoms with van der Waals surface area (Å²) in [5.41, 5.74) is 0.624. The quantitative estimate of drug-likeness (QED) is 0.588. The molecule has 4 nitrogen and oxygen atoms in total. The third-order valence-electron chi connectivity index (χ3n) is 4.37. The zero-order chi connectivity index (χ0) is 16.8. The van der Waals surface area contributed by atoms with Crippen LogP contribution in [0.15, 0.2) is 23.1 Å². The molecule has 1 fully saturated rings. The van der Waals surface area contributed by atoms with Crippen molar-refractivity contribution < 1.29 is 14.3 Å². The summed E-state index contributed by atoms with van der Waals surface area (Å²) in [6, 6.07) is 5.38. The molecule has 1 heterocycles. The molecule has 0 aliphatic carbocycles. The summed E-state index contributed by atoms with van der Waals surface area (Å²) >= 11 is 1.48. The number of amides is 1. The molecule has 23 heavy (non-hydrogen) atoms. The zero-order valence-corrected chi connectivity index (χ0v) is 14.9. The first-order chi connectivity index (χ1) is 11.0. The highest BCUT2D eigenvalue weighted by molar-refractivity contribution is 8.00. The Morgan fingerprint density at radius 1 is 1.39 bits per heavy atom.